The molecule has 0 aliphatic rings. The number of nitrogens with one attached hydrogen (secondary N) is 1. The first-order valence-electron chi connectivity index (χ1n) is 6.91. The van der Waals surface area contributed by atoms with Gasteiger partial charge in [0.2, 0.25) is 5.91 Å². The number of hydrogen-bond donors (Lipinski definition) is 1. The lowest BCUT2D eigenvalue weighted by atomic mass is 10.2. The minimum absolute atomic E-state index is 0.160. The summed E-state index contributed by atoms with van der Waals surface area (Å²) in [6.07, 6.45) is 0.240. The van der Waals surface area contributed by atoms with Gasteiger partial charge < -0.3 is 14.8 Å². The van der Waals surface area contributed by atoms with Crippen molar-refractivity contribution in [3.8, 4) is 11.5 Å². The zero-order chi connectivity index (χ0) is 15.9. The fraction of sp³-hybridized carbons (Fsp3) is 0.235. The van der Waals surface area contributed by atoms with Crippen molar-refractivity contribution in [2.24, 2.45) is 0 Å². The van der Waals surface area contributed by atoms with Crippen LogP contribution in [0.15, 0.2) is 42.5 Å². The lowest BCUT2D eigenvalue weighted by Crippen LogP contribution is -2.15. The van der Waals surface area contributed by atoms with Gasteiger partial charge in [-0.05, 0) is 37.3 Å². The number of carbonyl (C=O) groups is 1. The standard InChI is InChI=1S/C17H18ClNO3/c1-12-3-6-14(7-4-12)22-10-9-17(20)19-15-11-13(18)5-8-16(15)21-2/h3-8,11H,9-10H2,1-2H3,(H,19,20). The van der Waals surface area contributed by atoms with Crippen molar-refractivity contribution in [1.29, 1.82) is 0 Å². The van der Waals surface area contributed by atoms with E-state index in [-0.39, 0.29) is 12.3 Å². The highest BCUT2D eigenvalue weighted by Crippen LogP contribution is 2.27. The molecule has 2 rings (SSSR count). The molecule has 0 radical (unpaired) electrons. The molecular formula is C17H18ClNO3. The second-order valence-corrected chi connectivity index (χ2v) is 5.24. The first kappa shape index (κ1) is 16.2. The van der Waals surface area contributed by atoms with Crippen molar-refractivity contribution < 1.29 is 14.3 Å². The van der Waals surface area contributed by atoms with Crippen molar-refractivity contribution in [3.05, 3.63) is 53.1 Å². The van der Waals surface area contributed by atoms with E-state index in [9.17, 15) is 4.79 Å². The molecule has 116 valence electrons. The molecule has 0 heterocycles. The Morgan fingerprint density at radius 1 is 1.18 bits per heavy atom. The second-order valence-electron chi connectivity index (χ2n) is 4.80. The van der Waals surface area contributed by atoms with Crippen LogP contribution < -0.4 is 14.8 Å². The molecule has 0 fully saturated rings. The average molecular weight is 320 g/mol. The number of benzene rings is 2. The summed E-state index contributed by atoms with van der Waals surface area (Å²) >= 11 is 5.92. The first-order valence-corrected chi connectivity index (χ1v) is 7.29. The van der Waals surface area contributed by atoms with Gasteiger partial charge in [-0.3, -0.25) is 4.79 Å². The van der Waals surface area contributed by atoms with Gasteiger partial charge in [-0.1, -0.05) is 29.3 Å². The number of amides is 1. The molecule has 4 nitrogen and oxygen atoms in total. The van der Waals surface area contributed by atoms with Crippen LogP contribution in [0, 0.1) is 6.92 Å². The lowest BCUT2D eigenvalue weighted by Gasteiger charge is -2.11. The summed E-state index contributed by atoms with van der Waals surface area (Å²) in [7, 11) is 1.54. The van der Waals surface area contributed by atoms with Crippen LogP contribution in [-0.2, 0) is 4.79 Å². The van der Waals surface area contributed by atoms with Crippen LogP contribution in [0.25, 0.3) is 0 Å². The minimum Gasteiger partial charge on any atom is -0.495 e. The summed E-state index contributed by atoms with van der Waals surface area (Å²) in [4.78, 5) is 11.9. The van der Waals surface area contributed by atoms with Crippen LogP contribution >= 0.6 is 11.6 Å². The van der Waals surface area contributed by atoms with Gasteiger partial charge in [0, 0.05) is 5.02 Å². The number of halogens is 1. The van der Waals surface area contributed by atoms with Crippen molar-refractivity contribution in [2.45, 2.75) is 13.3 Å². The van der Waals surface area contributed by atoms with Gasteiger partial charge in [0.1, 0.15) is 11.5 Å². The van der Waals surface area contributed by atoms with E-state index in [0.29, 0.717) is 23.1 Å². The largest absolute Gasteiger partial charge is 0.495 e. The molecule has 22 heavy (non-hydrogen) atoms. The quantitative estimate of drug-likeness (QED) is 0.873. The molecule has 0 aliphatic heterocycles. The van der Waals surface area contributed by atoms with Gasteiger partial charge in [0.25, 0.3) is 0 Å². The number of ether oxygens (including phenoxy) is 2. The predicted octanol–water partition coefficient (Wildman–Crippen LogP) is 4.06. The SMILES string of the molecule is COc1ccc(Cl)cc1NC(=O)CCOc1ccc(C)cc1. The second kappa shape index (κ2) is 7.71. The van der Waals surface area contributed by atoms with Crippen molar-refractivity contribution >= 4 is 23.2 Å². The lowest BCUT2D eigenvalue weighted by molar-refractivity contribution is -0.116. The molecule has 0 aliphatic carbocycles. The smallest absolute Gasteiger partial charge is 0.227 e. The van der Waals surface area contributed by atoms with Crippen LogP contribution in [0.2, 0.25) is 5.02 Å². The van der Waals surface area contributed by atoms with E-state index in [4.69, 9.17) is 21.1 Å². The van der Waals surface area contributed by atoms with Crippen molar-refractivity contribution in [1.82, 2.24) is 0 Å². The number of rotatable bonds is 6. The van der Waals surface area contributed by atoms with Crippen molar-refractivity contribution in [3.63, 3.8) is 0 Å². The van der Waals surface area contributed by atoms with Crippen LogP contribution in [0.3, 0.4) is 0 Å². The number of aryl methyl sites for hydroxylation is 1. The zero-order valence-corrected chi connectivity index (χ0v) is 13.3. The normalized spacial score (nSPS) is 10.1. The minimum atomic E-state index is -0.160. The third-order valence-corrected chi connectivity index (χ3v) is 3.29. The Hall–Kier alpha value is -2.20. The summed E-state index contributed by atoms with van der Waals surface area (Å²) in [5.74, 6) is 1.16. The topological polar surface area (TPSA) is 47.6 Å². The highest BCUT2D eigenvalue weighted by molar-refractivity contribution is 6.31. The molecule has 0 saturated heterocycles. The highest BCUT2D eigenvalue weighted by Gasteiger charge is 2.08. The van der Waals surface area contributed by atoms with Gasteiger partial charge >= 0.3 is 0 Å². The van der Waals surface area contributed by atoms with E-state index in [1.165, 1.54) is 0 Å². The van der Waals surface area contributed by atoms with E-state index >= 15 is 0 Å². The number of methoxy groups -OCH3 is 1. The van der Waals surface area contributed by atoms with Gasteiger partial charge in [-0.15, -0.1) is 0 Å². The number of anilines is 1. The molecule has 0 bridgehead atoms. The van der Waals surface area contributed by atoms with E-state index < -0.39 is 0 Å². The maximum atomic E-state index is 11.9. The average Bonchev–Trinajstić information content (AvgIpc) is 2.49. The highest BCUT2D eigenvalue weighted by atomic mass is 35.5. The molecule has 0 atom stereocenters. The van der Waals surface area contributed by atoms with E-state index in [1.807, 2.05) is 31.2 Å². The van der Waals surface area contributed by atoms with E-state index in [2.05, 4.69) is 5.32 Å². The Balaban J connectivity index is 1.85. The fourth-order valence-electron chi connectivity index (χ4n) is 1.89. The van der Waals surface area contributed by atoms with Gasteiger partial charge in [-0.25, -0.2) is 0 Å². The Bertz CT molecular complexity index is 641. The molecule has 0 spiro atoms. The Morgan fingerprint density at radius 3 is 2.59 bits per heavy atom. The molecule has 1 N–H and O–H groups in total. The van der Waals surface area contributed by atoms with Crippen LogP contribution in [0.5, 0.6) is 11.5 Å². The van der Waals surface area contributed by atoms with Crippen LogP contribution in [0.4, 0.5) is 5.69 Å². The molecule has 0 aromatic heterocycles. The Kier molecular flexibility index (Phi) is 5.67. The molecule has 1 amide bonds. The van der Waals surface area contributed by atoms with E-state index in [1.54, 1.807) is 25.3 Å². The Morgan fingerprint density at radius 2 is 1.91 bits per heavy atom. The number of hydrogen-bond acceptors (Lipinski definition) is 3. The molecular weight excluding hydrogens is 302 g/mol. The molecule has 0 saturated carbocycles. The molecule has 5 heteroatoms. The fourth-order valence-corrected chi connectivity index (χ4v) is 2.06. The van der Waals surface area contributed by atoms with Gasteiger partial charge in [0.05, 0.1) is 25.8 Å². The summed E-state index contributed by atoms with van der Waals surface area (Å²) in [6.45, 7) is 2.31. The summed E-state index contributed by atoms with van der Waals surface area (Å²) < 4.78 is 10.7. The predicted molar refractivity (Wildman–Crippen MR) is 87.9 cm³/mol. The molecule has 2 aromatic carbocycles. The third-order valence-electron chi connectivity index (χ3n) is 3.05. The molecule has 2 aromatic rings. The van der Waals surface area contributed by atoms with Crippen molar-refractivity contribution in [2.75, 3.05) is 19.0 Å². The van der Waals surface area contributed by atoms with Gasteiger partial charge in [0.15, 0.2) is 0 Å². The van der Waals surface area contributed by atoms with E-state index in [0.717, 1.165) is 11.3 Å². The maximum Gasteiger partial charge on any atom is 0.227 e. The van der Waals surface area contributed by atoms with Crippen LogP contribution in [-0.4, -0.2) is 19.6 Å². The Labute approximate surface area is 135 Å². The first-order chi connectivity index (χ1) is 10.6. The molecule has 0 unspecified atom stereocenters. The summed E-state index contributed by atoms with van der Waals surface area (Å²) in [6, 6.07) is 12.8. The summed E-state index contributed by atoms with van der Waals surface area (Å²) in [5.41, 5.74) is 1.72. The summed E-state index contributed by atoms with van der Waals surface area (Å²) in [5, 5.41) is 3.30. The third kappa shape index (κ3) is 4.67. The van der Waals surface area contributed by atoms with Gasteiger partial charge in [-0.2, -0.15) is 0 Å². The monoisotopic (exact) mass is 319 g/mol. The zero-order valence-electron chi connectivity index (χ0n) is 12.6. The number of carbonyl (C=O) groups excluding carboxylic acids is 1. The maximum absolute atomic E-state index is 11.9. The van der Waals surface area contributed by atoms with Crippen LogP contribution in [0.1, 0.15) is 12.0 Å².